The zero-order valence-electron chi connectivity index (χ0n) is 11.9. The number of nitrogens with zero attached hydrogens (tertiary/aromatic N) is 3. The highest BCUT2D eigenvalue weighted by Crippen LogP contribution is 2.22. The third kappa shape index (κ3) is 3.57. The predicted octanol–water partition coefficient (Wildman–Crippen LogP) is 1.93. The number of anilines is 2. The zero-order valence-corrected chi connectivity index (χ0v) is 11.9. The van der Waals surface area contributed by atoms with E-state index in [2.05, 4.69) is 27.4 Å². The smallest absolute Gasteiger partial charge is 0.276 e. The van der Waals surface area contributed by atoms with Gasteiger partial charge in [0.25, 0.3) is 5.69 Å². The summed E-state index contributed by atoms with van der Waals surface area (Å²) in [5, 5.41) is 17.1. The molecule has 20 heavy (non-hydrogen) atoms. The standard InChI is InChI=1S/C13H21N5O2/c1-3-17-6-4-5-10(9-17)15-13-8-11(18(19)20)7-12(14-2)16-13/h7-8,10H,3-6,9H2,1-2H3,(H2,14,15,16). The van der Waals surface area contributed by atoms with Gasteiger partial charge in [0.15, 0.2) is 0 Å². The molecule has 0 aliphatic carbocycles. The summed E-state index contributed by atoms with van der Waals surface area (Å²) in [5.74, 6) is 1.07. The highest BCUT2D eigenvalue weighted by atomic mass is 16.6. The molecule has 2 heterocycles. The fraction of sp³-hybridized carbons (Fsp3) is 0.615. The van der Waals surface area contributed by atoms with Gasteiger partial charge in [-0.25, -0.2) is 4.98 Å². The molecule has 110 valence electrons. The van der Waals surface area contributed by atoms with E-state index in [1.807, 2.05) is 0 Å². The Kier molecular flexibility index (Phi) is 4.73. The number of likely N-dealkylation sites (tertiary alicyclic amines) is 1. The van der Waals surface area contributed by atoms with Crippen LogP contribution in [-0.2, 0) is 0 Å². The number of rotatable bonds is 5. The van der Waals surface area contributed by atoms with Gasteiger partial charge in [0.05, 0.1) is 17.1 Å². The van der Waals surface area contributed by atoms with Crippen molar-refractivity contribution in [1.29, 1.82) is 0 Å². The molecule has 2 rings (SSSR count). The van der Waals surface area contributed by atoms with Crippen molar-refractivity contribution >= 4 is 17.3 Å². The van der Waals surface area contributed by atoms with Crippen molar-refractivity contribution in [2.24, 2.45) is 0 Å². The summed E-state index contributed by atoms with van der Waals surface area (Å²) >= 11 is 0. The Morgan fingerprint density at radius 3 is 2.90 bits per heavy atom. The van der Waals surface area contributed by atoms with Crippen LogP contribution in [0.25, 0.3) is 0 Å². The highest BCUT2D eigenvalue weighted by molar-refractivity contribution is 5.54. The summed E-state index contributed by atoms with van der Waals surface area (Å²) in [5.41, 5.74) is 0.0509. The van der Waals surface area contributed by atoms with Gasteiger partial charge in [0, 0.05) is 19.6 Å². The molecule has 0 amide bonds. The van der Waals surface area contributed by atoms with E-state index < -0.39 is 4.92 Å². The van der Waals surface area contributed by atoms with Crippen molar-refractivity contribution in [2.45, 2.75) is 25.8 Å². The van der Waals surface area contributed by atoms with Crippen molar-refractivity contribution < 1.29 is 4.92 Å². The summed E-state index contributed by atoms with van der Waals surface area (Å²) in [7, 11) is 1.70. The Hall–Kier alpha value is -1.89. The monoisotopic (exact) mass is 279 g/mol. The second-order valence-electron chi connectivity index (χ2n) is 4.98. The van der Waals surface area contributed by atoms with Gasteiger partial charge in [-0.1, -0.05) is 6.92 Å². The van der Waals surface area contributed by atoms with Gasteiger partial charge < -0.3 is 15.5 Å². The normalized spacial score (nSPS) is 19.6. The number of hydrogen-bond acceptors (Lipinski definition) is 6. The van der Waals surface area contributed by atoms with Crippen LogP contribution >= 0.6 is 0 Å². The number of nitro groups is 1. The van der Waals surface area contributed by atoms with Crippen LogP contribution in [0.1, 0.15) is 19.8 Å². The van der Waals surface area contributed by atoms with Crippen LogP contribution in [0.15, 0.2) is 12.1 Å². The minimum atomic E-state index is -0.396. The Bertz CT molecular complexity index is 480. The topological polar surface area (TPSA) is 83.3 Å². The van der Waals surface area contributed by atoms with E-state index >= 15 is 0 Å². The number of piperidine rings is 1. The summed E-state index contributed by atoms with van der Waals surface area (Å²) in [6.07, 6.45) is 2.20. The molecular formula is C13H21N5O2. The van der Waals surface area contributed by atoms with E-state index in [4.69, 9.17) is 0 Å². The van der Waals surface area contributed by atoms with Gasteiger partial charge in [-0.05, 0) is 25.9 Å². The fourth-order valence-electron chi connectivity index (χ4n) is 2.49. The molecular weight excluding hydrogens is 258 g/mol. The molecule has 1 aromatic rings. The van der Waals surface area contributed by atoms with Gasteiger partial charge in [-0.15, -0.1) is 0 Å². The fourth-order valence-corrected chi connectivity index (χ4v) is 2.49. The number of nitrogens with one attached hydrogen (secondary N) is 2. The third-order valence-corrected chi connectivity index (χ3v) is 3.58. The lowest BCUT2D eigenvalue weighted by Gasteiger charge is -2.32. The van der Waals surface area contributed by atoms with Gasteiger partial charge in [0.2, 0.25) is 0 Å². The maximum absolute atomic E-state index is 10.9. The molecule has 1 atom stereocenters. The number of pyridine rings is 1. The van der Waals surface area contributed by atoms with E-state index in [-0.39, 0.29) is 5.69 Å². The van der Waals surface area contributed by atoms with Crippen molar-refractivity contribution in [2.75, 3.05) is 37.3 Å². The Labute approximate surface area is 118 Å². The first-order valence-corrected chi connectivity index (χ1v) is 6.95. The molecule has 0 radical (unpaired) electrons. The van der Waals surface area contributed by atoms with Gasteiger partial charge in [-0.3, -0.25) is 10.1 Å². The first-order valence-electron chi connectivity index (χ1n) is 6.95. The molecule has 0 bridgehead atoms. The molecule has 1 aliphatic heterocycles. The van der Waals surface area contributed by atoms with E-state index in [0.717, 1.165) is 32.5 Å². The third-order valence-electron chi connectivity index (χ3n) is 3.58. The number of aromatic nitrogens is 1. The molecule has 1 unspecified atom stereocenters. The van der Waals surface area contributed by atoms with Crippen LogP contribution in [0.3, 0.4) is 0 Å². The summed E-state index contributed by atoms with van der Waals surface area (Å²) < 4.78 is 0. The van der Waals surface area contributed by atoms with Crippen molar-refractivity contribution in [1.82, 2.24) is 9.88 Å². The highest BCUT2D eigenvalue weighted by Gasteiger charge is 2.20. The van der Waals surface area contributed by atoms with Crippen LogP contribution in [0, 0.1) is 10.1 Å². The zero-order chi connectivity index (χ0) is 14.5. The summed E-state index contributed by atoms with van der Waals surface area (Å²) in [6.45, 7) is 5.25. The van der Waals surface area contributed by atoms with Crippen LogP contribution in [0.2, 0.25) is 0 Å². The Morgan fingerprint density at radius 1 is 1.50 bits per heavy atom. The van der Waals surface area contributed by atoms with E-state index in [1.165, 1.54) is 12.1 Å². The summed E-state index contributed by atoms with van der Waals surface area (Å²) in [6, 6.07) is 3.22. The van der Waals surface area contributed by atoms with Crippen LogP contribution < -0.4 is 10.6 Å². The molecule has 1 fully saturated rings. The summed E-state index contributed by atoms with van der Waals surface area (Å²) in [4.78, 5) is 17.2. The number of hydrogen-bond donors (Lipinski definition) is 2. The lowest BCUT2D eigenvalue weighted by molar-refractivity contribution is -0.384. The maximum atomic E-state index is 10.9. The minimum Gasteiger partial charge on any atom is -0.373 e. The Morgan fingerprint density at radius 2 is 2.25 bits per heavy atom. The molecule has 0 spiro atoms. The van der Waals surface area contributed by atoms with Gasteiger partial charge >= 0.3 is 0 Å². The molecule has 0 aromatic carbocycles. The first-order chi connectivity index (χ1) is 9.62. The molecule has 0 saturated carbocycles. The van der Waals surface area contributed by atoms with Crippen molar-refractivity contribution in [3.8, 4) is 0 Å². The lowest BCUT2D eigenvalue weighted by atomic mass is 10.1. The average molecular weight is 279 g/mol. The molecule has 1 saturated heterocycles. The maximum Gasteiger partial charge on any atom is 0.276 e. The van der Waals surface area contributed by atoms with E-state index in [9.17, 15) is 10.1 Å². The largest absolute Gasteiger partial charge is 0.373 e. The molecule has 2 N–H and O–H groups in total. The van der Waals surface area contributed by atoms with Gasteiger partial charge in [-0.2, -0.15) is 0 Å². The van der Waals surface area contributed by atoms with Gasteiger partial charge in [0.1, 0.15) is 11.6 Å². The first kappa shape index (κ1) is 14.5. The van der Waals surface area contributed by atoms with Crippen molar-refractivity contribution in [3.63, 3.8) is 0 Å². The quantitative estimate of drug-likeness (QED) is 0.633. The van der Waals surface area contributed by atoms with E-state index in [1.54, 1.807) is 7.05 Å². The minimum absolute atomic E-state index is 0.0509. The molecule has 1 aromatic heterocycles. The second-order valence-corrected chi connectivity index (χ2v) is 4.98. The Balaban J connectivity index is 2.11. The molecule has 7 heteroatoms. The predicted molar refractivity (Wildman–Crippen MR) is 79.2 cm³/mol. The van der Waals surface area contributed by atoms with Crippen LogP contribution in [0.4, 0.5) is 17.3 Å². The van der Waals surface area contributed by atoms with Crippen molar-refractivity contribution in [3.05, 3.63) is 22.2 Å². The average Bonchev–Trinajstić information content (AvgIpc) is 2.47. The second kappa shape index (κ2) is 6.51. The molecule has 7 nitrogen and oxygen atoms in total. The number of likely N-dealkylation sites (N-methyl/N-ethyl adjacent to an activating group) is 1. The molecule has 1 aliphatic rings. The lowest BCUT2D eigenvalue weighted by Crippen LogP contribution is -2.42. The van der Waals surface area contributed by atoms with E-state index in [0.29, 0.717) is 17.7 Å². The van der Waals surface area contributed by atoms with Crippen LogP contribution in [0.5, 0.6) is 0 Å². The SMILES string of the molecule is CCN1CCCC(Nc2cc([N+](=O)[O-])cc(NC)n2)C1. The van der Waals surface area contributed by atoms with Crippen LogP contribution in [-0.4, -0.2) is 47.5 Å².